The molecule has 0 fully saturated rings. The van der Waals surface area contributed by atoms with Crippen molar-refractivity contribution in [2.75, 3.05) is 6.54 Å². The summed E-state index contributed by atoms with van der Waals surface area (Å²) in [6, 6.07) is 9.48. The van der Waals surface area contributed by atoms with Gasteiger partial charge in [-0.1, -0.05) is 121 Å². The van der Waals surface area contributed by atoms with Gasteiger partial charge in [-0.15, -0.1) is 0 Å². The van der Waals surface area contributed by atoms with Crippen LogP contribution in [0.2, 0.25) is 0 Å². The van der Waals surface area contributed by atoms with Crippen molar-refractivity contribution in [2.45, 2.75) is 110 Å². The first-order valence-corrected chi connectivity index (χ1v) is 11.7. The van der Waals surface area contributed by atoms with Gasteiger partial charge in [-0.3, -0.25) is 4.79 Å². The Morgan fingerprint density at radius 3 is 1.48 bits per heavy atom. The Hall–Kier alpha value is -1.31. The lowest BCUT2D eigenvalue weighted by Crippen LogP contribution is -2.24. The van der Waals surface area contributed by atoms with Crippen molar-refractivity contribution in [1.29, 1.82) is 0 Å². The van der Waals surface area contributed by atoms with Crippen molar-refractivity contribution in [1.82, 2.24) is 5.32 Å². The molecule has 0 heterocycles. The van der Waals surface area contributed by atoms with Crippen LogP contribution in [0, 0.1) is 0 Å². The molecule has 1 N–H and O–H groups in total. The summed E-state index contributed by atoms with van der Waals surface area (Å²) in [5.74, 6) is 0.0524. The molecule has 27 heavy (non-hydrogen) atoms. The van der Waals surface area contributed by atoms with Crippen LogP contribution in [0.1, 0.15) is 120 Å². The zero-order chi connectivity index (χ0) is 19.4. The van der Waals surface area contributed by atoms with Gasteiger partial charge in [0.25, 0.3) is 5.91 Å². The van der Waals surface area contributed by atoms with Gasteiger partial charge in [0.05, 0.1) is 0 Å². The Bertz CT molecular complexity index is 443. The van der Waals surface area contributed by atoms with Gasteiger partial charge in [0.15, 0.2) is 0 Å². The van der Waals surface area contributed by atoms with Crippen molar-refractivity contribution < 1.29 is 4.79 Å². The van der Waals surface area contributed by atoms with E-state index in [1.807, 2.05) is 30.3 Å². The van der Waals surface area contributed by atoms with Gasteiger partial charge in [0, 0.05) is 12.1 Å². The fourth-order valence-corrected chi connectivity index (χ4v) is 3.57. The molecule has 0 bridgehead atoms. The maximum atomic E-state index is 11.9. The Balaban J connectivity index is 1.75. The first-order valence-electron chi connectivity index (χ1n) is 11.7. The van der Waals surface area contributed by atoms with E-state index in [0.717, 1.165) is 18.5 Å². The van der Waals surface area contributed by atoms with Gasteiger partial charge in [0.2, 0.25) is 0 Å². The summed E-state index contributed by atoms with van der Waals surface area (Å²) in [5.41, 5.74) is 0.758. The second-order valence-electron chi connectivity index (χ2n) is 7.93. The quantitative estimate of drug-likeness (QED) is 0.263. The third-order valence-corrected chi connectivity index (χ3v) is 5.35. The molecule has 0 saturated carbocycles. The van der Waals surface area contributed by atoms with Gasteiger partial charge in [-0.2, -0.15) is 0 Å². The third-order valence-electron chi connectivity index (χ3n) is 5.35. The molecule has 154 valence electrons. The van der Waals surface area contributed by atoms with Crippen LogP contribution in [0.4, 0.5) is 0 Å². The first kappa shape index (κ1) is 23.7. The summed E-state index contributed by atoms with van der Waals surface area (Å²) < 4.78 is 0. The normalized spacial score (nSPS) is 10.9. The van der Waals surface area contributed by atoms with E-state index in [9.17, 15) is 4.79 Å². The minimum absolute atomic E-state index is 0.0524. The van der Waals surface area contributed by atoms with Crippen molar-refractivity contribution in [3.63, 3.8) is 0 Å². The van der Waals surface area contributed by atoms with Crippen LogP contribution in [-0.2, 0) is 0 Å². The summed E-state index contributed by atoms with van der Waals surface area (Å²) in [6.07, 6.45) is 22.1. The van der Waals surface area contributed by atoms with E-state index >= 15 is 0 Å². The standard InChI is InChI=1S/C25H43NO/c1-2-3-4-5-6-7-8-9-10-11-12-13-14-15-16-20-23-26-25(27)24-21-18-17-19-22-24/h17-19,21-22H,2-16,20,23H2,1H3,(H,26,27). The lowest BCUT2D eigenvalue weighted by Gasteiger charge is -2.05. The molecule has 0 aliphatic carbocycles. The molecule has 0 spiro atoms. The third kappa shape index (κ3) is 14.4. The van der Waals surface area contributed by atoms with E-state index in [2.05, 4.69) is 12.2 Å². The van der Waals surface area contributed by atoms with Gasteiger partial charge in [-0.25, -0.2) is 0 Å². The number of amides is 1. The Labute approximate surface area is 168 Å². The van der Waals surface area contributed by atoms with Crippen LogP contribution in [0.25, 0.3) is 0 Å². The minimum atomic E-state index is 0.0524. The number of hydrogen-bond acceptors (Lipinski definition) is 1. The van der Waals surface area contributed by atoms with Crippen molar-refractivity contribution >= 4 is 5.91 Å². The minimum Gasteiger partial charge on any atom is -0.352 e. The molecule has 0 aliphatic heterocycles. The predicted octanol–water partition coefficient (Wildman–Crippen LogP) is 7.68. The maximum absolute atomic E-state index is 11.9. The Kier molecular flexibility index (Phi) is 15.9. The fraction of sp³-hybridized carbons (Fsp3) is 0.720. The second-order valence-corrected chi connectivity index (χ2v) is 7.93. The zero-order valence-corrected chi connectivity index (χ0v) is 17.8. The highest BCUT2D eigenvalue weighted by Crippen LogP contribution is 2.13. The van der Waals surface area contributed by atoms with Gasteiger partial charge >= 0.3 is 0 Å². The summed E-state index contributed by atoms with van der Waals surface area (Å²) >= 11 is 0. The predicted molar refractivity (Wildman–Crippen MR) is 118 cm³/mol. The van der Waals surface area contributed by atoms with Crippen molar-refractivity contribution in [3.05, 3.63) is 35.9 Å². The molecule has 0 unspecified atom stereocenters. The molecular weight excluding hydrogens is 330 g/mol. The van der Waals surface area contributed by atoms with Crippen molar-refractivity contribution in [3.8, 4) is 0 Å². The Morgan fingerprint density at radius 1 is 0.630 bits per heavy atom. The lowest BCUT2D eigenvalue weighted by molar-refractivity contribution is 0.0953. The average molecular weight is 374 g/mol. The molecule has 1 amide bonds. The van der Waals surface area contributed by atoms with Crippen LogP contribution < -0.4 is 5.32 Å². The fourth-order valence-electron chi connectivity index (χ4n) is 3.57. The van der Waals surface area contributed by atoms with Crippen LogP contribution in [0.3, 0.4) is 0 Å². The molecule has 0 aliphatic rings. The number of nitrogens with one attached hydrogen (secondary N) is 1. The SMILES string of the molecule is CCCCCCCCCCCCCCCCCCNC(=O)c1ccccc1. The van der Waals surface area contributed by atoms with Crippen LogP contribution >= 0.6 is 0 Å². The van der Waals surface area contributed by atoms with E-state index in [4.69, 9.17) is 0 Å². The van der Waals surface area contributed by atoms with Crippen molar-refractivity contribution in [2.24, 2.45) is 0 Å². The summed E-state index contributed by atoms with van der Waals surface area (Å²) in [7, 11) is 0. The average Bonchev–Trinajstić information content (AvgIpc) is 2.70. The summed E-state index contributed by atoms with van der Waals surface area (Å²) in [5, 5.41) is 3.01. The molecule has 2 heteroatoms. The molecule has 2 nitrogen and oxygen atoms in total. The Morgan fingerprint density at radius 2 is 1.04 bits per heavy atom. The van der Waals surface area contributed by atoms with E-state index in [-0.39, 0.29) is 5.91 Å². The zero-order valence-electron chi connectivity index (χ0n) is 17.8. The van der Waals surface area contributed by atoms with Gasteiger partial charge in [0.1, 0.15) is 0 Å². The molecule has 1 rings (SSSR count). The van der Waals surface area contributed by atoms with Crippen LogP contribution in [-0.4, -0.2) is 12.5 Å². The number of benzene rings is 1. The monoisotopic (exact) mass is 373 g/mol. The van der Waals surface area contributed by atoms with E-state index in [1.54, 1.807) is 0 Å². The molecule has 0 radical (unpaired) electrons. The highest BCUT2D eigenvalue weighted by molar-refractivity contribution is 5.94. The largest absolute Gasteiger partial charge is 0.352 e. The van der Waals surface area contributed by atoms with E-state index in [1.165, 1.54) is 96.3 Å². The van der Waals surface area contributed by atoms with Gasteiger partial charge < -0.3 is 5.32 Å². The molecule has 0 atom stereocenters. The molecular formula is C25H43NO. The maximum Gasteiger partial charge on any atom is 0.251 e. The topological polar surface area (TPSA) is 29.1 Å². The molecule has 1 aromatic rings. The van der Waals surface area contributed by atoms with E-state index in [0.29, 0.717) is 0 Å². The van der Waals surface area contributed by atoms with Crippen LogP contribution in [0.5, 0.6) is 0 Å². The van der Waals surface area contributed by atoms with Gasteiger partial charge in [-0.05, 0) is 18.6 Å². The van der Waals surface area contributed by atoms with Crippen LogP contribution in [0.15, 0.2) is 30.3 Å². The summed E-state index contributed by atoms with van der Waals surface area (Å²) in [4.78, 5) is 11.9. The summed E-state index contributed by atoms with van der Waals surface area (Å²) in [6.45, 7) is 3.08. The number of unbranched alkanes of at least 4 members (excludes halogenated alkanes) is 15. The smallest absolute Gasteiger partial charge is 0.251 e. The molecule has 0 saturated heterocycles. The number of rotatable bonds is 18. The first-order chi connectivity index (χ1) is 13.3. The van der Waals surface area contributed by atoms with E-state index < -0.39 is 0 Å². The number of carbonyl (C=O) groups is 1. The highest BCUT2D eigenvalue weighted by atomic mass is 16.1. The molecule has 0 aromatic heterocycles. The molecule has 1 aromatic carbocycles. The second kappa shape index (κ2) is 18.1. The lowest BCUT2D eigenvalue weighted by atomic mass is 10.0. The highest BCUT2D eigenvalue weighted by Gasteiger charge is 2.02. The number of hydrogen-bond donors (Lipinski definition) is 1. The number of carbonyl (C=O) groups excluding carboxylic acids is 1.